The number of furan rings is 1. The van der Waals surface area contributed by atoms with Gasteiger partial charge in [-0.2, -0.15) is 0 Å². The number of carbonyl (C=O) groups is 2. The molecular formula is C13H13N3O3. The monoisotopic (exact) mass is 259 g/mol. The summed E-state index contributed by atoms with van der Waals surface area (Å²) in [5.41, 5.74) is 0.678. The smallest absolute Gasteiger partial charge is 0.286 e. The molecule has 2 rings (SSSR count). The van der Waals surface area contributed by atoms with Gasteiger partial charge in [0.15, 0.2) is 5.76 Å². The first-order valence-electron chi connectivity index (χ1n) is 5.77. The molecule has 0 fully saturated rings. The van der Waals surface area contributed by atoms with Crippen molar-refractivity contribution in [2.45, 2.75) is 6.42 Å². The minimum absolute atomic E-state index is 0.175. The van der Waals surface area contributed by atoms with Crippen LogP contribution in [0.2, 0.25) is 0 Å². The summed E-state index contributed by atoms with van der Waals surface area (Å²) in [6.07, 6.45) is 4.79. The van der Waals surface area contributed by atoms with Crippen molar-refractivity contribution in [3.8, 4) is 0 Å². The Bertz CT molecular complexity index is 538. The van der Waals surface area contributed by atoms with Gasteiger partial charge in [0.2, 0.25) is 5.91 Å². The molecule has 0 aliphatic rings. The summed E-state index contributed by atoms with van der Waals surface area (Å²) >= 11 is 0. The van der Waals surface area contributed by atoms with Crippen molar-refractivity contribution in [1.29, 1.82) is 0 Å². The van der Waals surface area contributed by atoms with E-state index in [1.54, 1.807) is 36.7 Å². The van der Waals surface area contributed by atoms with Gasteiger partial charge in [-0.25, -0.2) is 0 Å². The highest BCUT2D eigenvalue weighted by Crippen LogP contribution is 2.03. The molecule has 2 aromatic heterocycles. The molecule has 0 saturated carbocycles. The van der Waals surface area contributed by atoms with E-state index in [9.17, 15) is 9.59 Å². The molecule has 0 aromatic carbocycles. The lowest BCUT2D eigenvalue weighted by Crippen LogP contribution is -2.27. The van der Waals surface area contributed by atoms with E-state index in [-0.39, 0.29) is 30.5 Å². The van der Waals surface area contributed by atoms with Crippen LogP contribution in [0.15, 0.2) is 47.3 Å². The zero-order valence-electron chi connectivity index (χ0n) is 10.1. The number of aromatic nitrogens is 1. The molecule has 2 amide bonds. The highest BCUT2D eigenvalue weighted by atomic mass is 16.3. The standard InChI is InChI=1S/C13H13N3O3/c17-12(16-10-3-6-14-7-4-10)5-8-15-13(18)11-2-1-9-19-11/h1-4,6-7,9H,5,8H2,(H,15,18)(H,14,16,17). The van der Waals surface area contributed by atoms with Gasteiger partial charge in [0.05, 0.1) is 6.26 Å². The Hall–Kier alpha value is -2.63. The Balaban J connectivity index is 1.71. The number of amides is 2. The minimum atomic E-state index is -0.332. The Labute approximate surface area is 109 Å². The van der Waals surface area contributed by atoms with Crippen LogP contribution < -0.4 is 10.6 Å². The second kappa shape index (κ2) is 6.34. The van der Waals surface area contributed by atoms with Gasteiger partial charge in [-0.15, -0.1) is 0 Å². The molecule has 6 heteroatoms. The third kappa shape index (κ3) is 3.95. The largest absolute Gasteiger partial charge is 0.459 e. The van der Waals surface area contributed by atoms with Gasteiger partial charge in [0.1, 0.15) is 0 Å². The molecule has 0 saturated heterocycles. The van der Waals surface area contributed by atoms with Crippen molar-refractivity contribution in [3.05, 3.63) is 48.7 Å². The van der Waals surface area contributed by atoms with Crippen molar-refractivity contribution in [3.63, 3.8) is 0 Å². The van der Waals surface area contributed by atoms with E-state index in [2.05, 4.69) is 15.6 Å². The number of carbonyl (C=O) groups excluding carboxylic acids is 2. The second-order valence-electron chi connectivity index (χ2n) is 3.77. The van der Waals surface area contributed by atoms with Gasteiger partial charge < -0.3 is 15.1 Å². The van der Waals surface area contributed by atoms with E-state index in [1.807, 2.05) is 0 Å². The maximum absolute atomic E-state index is 11.6. The molecule has 0 atom stereocenters. The van der Waals surface area contributed by atoms with E-state index in [0.29, 0.717) is 5.69 Å². The highest BCUT2D eigenvalue weighted by Gasteiger charge is 2.08. The summed E-state index contributed by atoms with van der Waals surface area (Å²) in [6.45, 7) is 0.246. The maximum atomic E-state index is 11.6. The number of hydrogen-bond acceptors (Lipinski definition) is 4. The third-order valence-corrected chi connectivity index (χ3v) is 2.35. The summed E-state index contributed by atoms with van der Waals surface area (Å²) < 4.78 is 4.93. The number of nitrogens with zero attached hydrogens (tertiary/aromatic N) is 1. The van der Waals surface area contributed by atoms with E-state index in [0.717, 1.165) is 0 Å². The van der Waals surface area contributed by atoms with Crippen LogP contribution in [0.4, 0.5) is 5.69 Å². The Morgan fingerprint density at radius 2 is 2.00 bits per heavy atom. The molecule has 0 aliphatic heterocycles. The maximum Gasteiger partial charge on any atom is 0.286 e. The molecule has 2 heterocycles. The average Bonchev–Trinajstić information content (AvgIpc) is 2.93. The minimum Gasteiger partial charge on any atom is -0.459 e. The van der Waals surface area contributed by atoms with Crippen molar-refractivity contribution >= 4 is 17.5 Å². The average molecular weight is 259 g/mol. The van der Waals surface area contributed by atoms with Gasteiger partial charge in [0.25, 0.3) is 5.91 Å². The predicted octanol–water partition coefficient (Wildman–Crippen LogP) is 1.43. The molecule has 2 aromatic rings. The Morgan fingerprint density at radius 3 is 2.68 bits per heavy atom. The van der Waals surface area contributed by atoms with Crippen LogP contribution >= 0.6 is 0 Å². The highest BCUT2D eigenvalue weighted by molar-refractivity contribution is 5.93. The van der Waals surface area contributed by atoms with Crippen molar-refractivity contribution in [1.82, 2.24) is 10.3 Å². The first kappa shape index (κ1) is 12.8. The van der Waals surface area contributed by atoms with E-state index < -0.39 is 0 Å². The van der Waals surface area contributed by atoms with Crippen LogP contribution in [0.5, 0.6) is 0 Å². The van der Waals surface area contributed by atoms with Crippen LogP contribution in [-0.4, -0.2) is 23.3 Å². The quantitative estimate of drug-likeness (QED) is 0.850. The van der Waals surface area contributed by atoms with Crippen molar-refractivity contribution < 1.29 is 14.0 Å². The van der Waals surface area contributed by atoms with E-state index >= 15 is 0 Å². The van der Waals surface area contributed by atoms with Crippen LogP contribution in [0.3, 0.4) is 0 Å². The molecular weight excluding hydrogens is 246 g/mol. The molecule has 0 radical (unpaired) electrons. The lowest BCUT2D eigenvalue weighted by Gasteiger charge is -2.05. The molecule has 6 nitrogen and oxygen atoms in total. The number of anilines is 1. The van der Waals surface area contributed by atoms with Gasteiger partial charge >= 0.3 is 0 Å². The van der Waals surface area contributed by atoms with Crippen LogP contribution in [-0.2, 0) is 4.79 Å². The SMILES string of the molecule is O=C(CCNC(=O)c1ccco1)Nc1ccncc1. The summed E-state index contributed by atoms with van der Waals surface area (Å²) in [5, 5.41) is 5.29. The normalized spacial score (nSPS) is 9.89. The number of rotatable bonds is 5. The van der Waals surface area contributed by atoms with Crippen LogP contribution in [0.25, 0.3) is 0 Å². The van der Waals surface area contributed by atoms with Gasteiger partial charge in [0, 0.05) is 31.0 Å². The number of hydrogen-bond donors (Lipinski definition) is 2. The fourth-order valence-corrected chi connectivity index (χ4v) is 1.44. The second-order valence-corrected chi connectivity index (χ2v) is 3.77. The summed E-state index contributed by atoms with van der Waals surface area (Å²) in [4.78, 5) is 26.9. The fraction of sp³-hybridized carbons (Fsp3) is 0.154. The molecule has 0 spiro atoms. The topological polar surface area (TPSA) is 84.2 Å². The van der Waals surface area contributed by atoms with Gasteiger partial charge in [-0.05, 0) is 24.3 Å². The zero-order chi connectivity index (χ0) is 13.5. The molecule has 98 valence electrons. The predicted molar refractivity (Wildman–Crippen MR) is 68.5 cm³/mol. The first-order chi connectivity index (χ1) is 9.25. The summed E-state index contributed by atoms with van der Waals surface area (Å²) in [5.74, 6) is -0.276. The fourth-order valence-electron chi connectivity index (χ4n) is 1.44. The number of pyridine rings is 1. The van der Waals surface area contributed by atoms with Crippen molar-refractivity contribution in [2.75, 3.05) is 11.9 Å². The molecule has 19 heavy (non-hydrogen) atoms. The molecule has 0 unspecified atom stereocenters. The van der Waals surface area contributed by atoms with Gasteiger partial charge in [-0.3, -0.25) is 14.6 Å². The van der Waals surface area contributed by atoms with Gasteiger partial charge in [-0.1, -0.05) is 0 Å². The zero-order valence-corrected chi connectivity index (χ0v) is 10.1. The molecule has 0 bridgehead atoms. The van der Waals surface area contributed by atoms with E-state index in [1.165, 1.54) is 6.26 Å². The molecule has 0 aliphatic carbocycles. The molecule has 2 N–H and O–H groups in total. The number of nitrogens with one attached hydrogen (secondary N) is 2. The lowest BCUT2D eigenvalue weighted by atomic mass is 10.3. The first-order valence-corrected chi connectivity index (χ1v) is 5.77. The van der Waals surface area contributed by atoms with Crippen LogP contribution in [0, 0.1) is 0 Å². The Morgan fingerprint density at radius 1 is 1.21 bits per heavy atom. The summed E-state index contributed by atoms with van der Waals surface area (Å²) in [7, 11) is 0. The third-order valence-electron chi connectivity index (χ3n) is 2.35. The lowest BCUT2D eigenvalue weighted by molar-refractivity contribution is -0.116. The Kier molecular flexibility index (Phi) is 4.28. The van der Waals surface area contributed by atoms with Crippen molar-refractivity contribution in [2.24, 2.45) is 0 Å². The van der Waals surface area contributed by atoms with E-state index in [4.69, 9.17) is 4.42 Å². The summed E-state index contributed by atoms with van der Waals surface area (Å²) in [6, 6.07) is 6.58. The van der Waals surface area contributed by atoms with Crippen LogP contribution in [0.1, 0.15) is 17.0 Å².